The molecule has 2 aliphatic rings. The topological polar surface area (TPSA) is 104 Å². The van der Waals surface area contributed by atoms with E-state index in [1.54, 1.807) is 4.90 Å². The third kappa shape index (κ3) is 3.20. The Morgan fingerprint density at radius 1 is 1.23 bits per heavy atom. The lowest BCUT2D eigenvalue weighted by molar-refractivity contribution is -0.138. The van der Waals surface area contributed by atoms with Gasteiger partial charge in [0.1, 0.15) is 12.6 Å². The van der Waals surface area contributed by atoms with Gasteiger partial charge in [0.25, 0.3) is 5.91 Å². The molecule has 0 unspecified atom stereocenters. The number of rotatable bonds is 3. The van der Waals surface area contributed by atoms with E-state index in [4.69, 9.17) is 5.73 Å². The Kier molecular flexibility index (Phi) is 4.12. The van der Waals surface area contributed by atoms with Crippen LogP contribution < -0.4 is 5.73 Å². The number of piperazine rings is 1. The maximum Gasteiger partial charge on any atom is 0.328 e. The summed E-state index contributed by atoms with van der Waals surface area (Å²) in [6, 6.07) is -1.21. The first-order valence-corrected chi connectivity index (χ1v) is 7.28. The molecule has 0 aromatic heterocycles. The van der Waals surface area contributed by atoms with Gasteiger partial charge in [-0.1, -0.05) is 20.8 Å². The van der Waals surface area contributed by atoms with E-state index in [-0.39, 0.29) is 17.9 Å². The third-order valence-corrected chi connectivity index (χ3v) is 3.76. The van der Waals surface area contributed by atoms with Crippen molar-refractivity contribution in [3.63, 3.8) is 0 Å². The average molecular weight is 310 g/mol. The lowest BCUT2D eigenvalue weighted by Gasteiger charge is -2.36. The number of nitrogens with two attached hydrogens (primary N) is 1. The Hall–Kier alpha value is -2.12. The summed E-state index contributed by atoms with van der Waals surface area (Å²) in [5, 5.41) is 0. The van der Waals surface area contributed by atoms with Crippen LogP contribution in [-0.2, 0) is 14.4 Å². The molecule has 8 nitrogen and oxygen atoms in total. The van der Waals surface area contributed by atoms with E-state index in [9.17, 15) is 19.2 Å². The Bertz CT molecular complexity index is 525. The molecule has 2 saturated heterocycles. The highest BCUT2D eigenvalue weighted by atomic mass is 16.2. The van der Waals surface area contributed by atoms with Crippen molar-refractivity contribution in [1.29, 1.82) is 0 Å². The summed E-state index contributed by atoms with van der Waals surface area (Å²) in [6.07, 6.45) is 0.382. The molecule has 122 valence electrons. The van der Waals surface area contributed by atoms with Crippen molar-refractivity contribution in [2.45, 2.75) is 33.2 Å². The van der Waals surface area contributed by atoms with Gasteiger partial charge in [0.05, 0.1) is 6.54 Å². The number of fused-ring (bicyclic) bond motifs is 1. The van der Waals surface area contributed by atoms with Gasteiger partial charge in [-0.05, 0) is 5.41 Å². The molecule has 2 fully saturated rings. The molecular formula is C14H22N4O4. The molecule has 5 amide bonds. The molecule has 2 heterocycles. The lowest BCUT2D eigenvalue weighted by Crippen LogP contribution is -2.55. The van der Waals surface area contributed by atoms with Crippen LogP contribution in [0.1, 0.15) is 27.2 Å². The fraction of sp³-hybridized carbons (Fsp3) is 0.714. The molecule has 0 radical (unpaired) electrons. The van der Waals surface area contributed by atoms with E-state index >= 15 is 0 Å². The zero-order valence-corrected chi connectivity index (χ0v) is 13.2. The number of hydrogen-bond acceptors (Lipinski definition) is 4. The van der Waals surface area contributed by atoms with E-state index in [1.165, 1.54) is 4.90 Å². The van der Waals surface area contributed by atoms with Crippen LogP contribution in [0, 0.1) is 5.41 Å². The summed E-state index contributed by atoms with van der Waals surface area (Å²) in [7, 11) is 0. The normalized spacial score (nSPS) is 22.1. The van der Waals surface area contributed by atoms with Gasteiger partial charge >= 0.3 is 6.03 Å². The van der Waals surface area contributed by atoms with Crippen LogP contribution in [0.3, 0.4) is 0 Å². The maximum absolute atomic E-state index is 12.3. The van der Waals surface area contributed by atoms with Crippen LogP contribution in [0.4, 0.5) is 4.79 Å². The summed E-state index contributed by atoms with van der Waals surface area (Å²) < 4.78 is 0. The minimum Gasteiger partial charge on any atom is -0.368 e. The van der Waals surface area contributed by atoms with Crippen molar-refractivity contribution in [1.82, 2.24) is 14.7 Å². The number of imide groups is 1. The molecule has 22 heavy (non-hydrogen) atoms. The van der Waals surface area contributed by atoms with E-state index in [2.05, 4.69) is 0 Å². The predicted octanol–water partition coefficient (Wildman–Crippen LogP) is -0.617. The van der Waals surface area contributed by atoms with Gasteiger partial charge in [0, 0.05) is 19.5 Å². The van der Waals surface area contributed by atoms with Crippen molar-refractivity contribution in [3.8, 4) is 0 Å². The average Bonchev–Trinajstić information content (AvgIpc) is 2.61. The maximum atomic E-state index is 12.3. The monoisotopic (exact) mass is 310 g/mol. The number of hydrogen-bond donors (Lipinski definition) is 1. The number of carbonyl (C=O) groups excluding carboxylic acids is 4. The lowest BCUT2D eigenvalue weighted by atomic mass is 9.91. The second-order valence-electron chi connectivity index (χ2n) is 6.96. The van der Waals surface area contributed by atoms with Gasteiger partial charge in [0.15, 0.2) is 0 Å². The molecule has 2 aliphatic heterocycles. The predicted molar refractivity (Wildman–Crippen MR) is 77.4 cm³/mol. The fourth-order valence-corrected chi connectivity index (χ4v) is 2.75. The van der Waals surface area contributed by atoms with Crippen molar-refractivity contribution in [2.75, 3.05) is 26.2 Å². The summed E-state index contributed by atoms with van der Waals surface area (Å²) in [6.45, 7) is 6.37. The summed E-state index contributed by atoms with van der Waals surface area (Å²) in [4.78, 5) is 51.5. The Morgan fingerprint density at radius 2 is 1.86 bits per heavy atom. The van der Waals surface area contributed by atoms with Crippen LogP contribution in [0.5, 0.6) is 0 Å². The zero-order chi connectivity index (χ0) is 16.7. The van der Waals surface area contributed by atoms with Gasteiger partial charge in [0.2, 0.25) is 11.8 Å². The minimum absolute atomic E-state index is 0.0271. The number of amides is 5. The Labute approximate surface area is 129 Å². The third-order valence-electron chi connectivity index (χ3n) is 3.76. The van der Waals surface area contributed by atoms with Crippen molar-refractivity contribution < 1.29 is 19.2 Å². The van der Waals surface area contributed by atoms with Crippen molar-refractivity contribution in [3.05, 3.63) is 0 Å². The van der Waals surface area contributed by atoms with E-state index < -0.39 is 30.4 Å². The highest BCUT2D eigenvalue weighted by Crippen LogP contribution is 2.25. The molecule has 0 spiro atoms. The smallest absolute Gasteiger partial charge is 0.328 e. The molecule has 0 bridgehead atoms. The quantitative estimate of drug-likeness (QED) is 0.702. The van der Waals surface area contributed by atoms with Crippen LogP contribution >= 0.6 is 0 Å². The summed E-state index contributed by atoms with van der Waals surface area (Å²) in [5.74, 6) is -1.22. The standard InChI is InChI=1S/C14H22N4O4/c1-14(2,3)6-11(20)16-4-5-17-9(7-16)12(21)18(13(17)22)8-10(15)19/h9H,4-8H2,1-3H3,(H2,15,19)/t9-/m0/s1. The van der Waals surface area contributed by atoms with Gasteiger partial charge in [-0.3, -0.25) is 19.3 Å². The van der Waals surface area contributed by atoms with Gasteiger partial charge in [-0.15, -0.1) is 0 Å². The molecule has 0 saturated carbocycles. The SMILES string of the molecule is CC(C)(C)CC(=O)N1CCN2C(=O)N(CC(N)=O)C(=O)[C@@H]2C1. The number of nitrogens with zero attached hydrogens (tertiary/aromatic N) is 3. The van der Waals surface area contributed by atoms with E-state index in [0.29, 0.717) is 19.5 Å². The molecule has 1 atom stereocenters. The van der Waals surface area contributed by atoms with Crippen molar-refractivity contribution in [2.24, 2.45) is 11.1 Å². The minimum atomic E-state index is -0.734. The molecule has 0 aromatic carbocycles. The molecule has 2 N–H and O–H groups in total. The molecule has 0 aliphatic carbocycles. The van der Waals surface area contributed by atoms with Gasteiger partial charge in [-0.25, -0.2) is 4.79 Å². The summed E-state index contributed by atoms with van der Waals surface area (Å²) >= 11 is 0. The largest absolute Gasteiger partial charge is 0.368 e. The Morgan fingerprint density at radius 3 is 2.41 bits per heavy atom. The molecule has 0 aromatic rings. The molecule has 2 rings (SSSR count). The van der Waals surface area contributed by atoms with Crippen LogP contribution in [-0.4, -0.2) is 70.7 Å². The van der Waals surface area contributed by atoms with Crippen LogP contribution in [0.15, 0.2) is 0 Å². The van der Waals surface area contributed by atoms with E-state index in [0.717, 1.165) is 4.90 Å². The Balaban J connectivity index is 2.07. The highest BCUT2D eigenvalue weighted by Gasteiger charge is 2.48. The summed E-state index contributed by atoms with van der Waals surface area (Å²) in [5.41, 5.74) is 4.93. The fourth-order valence-electron chi connectivity index (χ4n) is 2.75. The zero-order valence-electron chi connectivity index (χ0n) is 13.2. The molecular weight excluding hydrogens is 288 g/mol. The van der Waals surface area contributed by atoms with Gasteiger partial charge in [-0.2, -0.15) is 0 Å². The highest BCUT2D eigenvalue weighted by molar-refractivity contribution is 6.06. The van der Waals surface area contributed by atoms with Crippen LogP contribution in [0.25, 0.3) is 0 Å². The second kappa shape index (κ2) is 5.58. The van der Waals surface area contributed by atoms with Crippen LogP contribution in [0.2, 0.25) is 0 Å². The second-order valence-corrected chi connectivity index (χ2v) is 6.96. The first-order chi connectivity index (χ1) is 10.1. The number of carbonyl (C=O) groups is 4. The number of urea groups is 1. The van der Waals surface area contributed by atoms with E-state index in [1.807, 2.05) is 20.8 Å². The van der Waals surface area contributed by atoms with Gasteiger partial charge < -0.3 is 15.5 Å². The number of primary amides is 1. The first kappa shape index (κ1) is 16.3. The molecule has 8 heteroatoms. The first-order valence-electron chi connectivity index (χ1n) is 7.28. The van der Waals surface area contributed by atoms with Crippen molar-refractivity contribution >= 4 is 23.8 Å².